The maximum absolute atomic E-state index is 14.0. The van der Waals surface area contributed by atoms with Crippen molar-refractivity contribution in [1.82, 2.24) is 5.43 Å². The van der Waals surface area contributed by atoms with E-state index in [1.807, 2.05) is 0 Å². The molecule has 2 aromatic carbocycles. The fourth-order valence-electron chi connectivity index (χ4n) is 2.01. The monoisotopic (exact) mass is 358 g/mol. The van der Waals surface area contributed by atoms with Gasteiger partial charge < -0.3 is 4.74 Å². The summed E-state index contributed by atoms with van der Waals surface area (Å²) in [6, 6.07) is 9.22. The van der Waals surface area contributed by atoms with E-state index in [1.165, 1.54) is 13.2 Å². The van der Waals surface area contributed by atoms with Gasteiger partial charge in [0.25, 0.3) is 0 Å². The first kappa shape index (κ1) is 15.3. The highest BCUT2D eigenvalue weighted by molar-refractivity contribution is 9.10. The van der Waals surface area contributed by atoms with Gasteiger partial charge in [0.05, 0.1) is 13.2 Å². The van der Waals surface area contributed by atoms with E-state index in [4.69, 9.17) is 22.2 Å². The molecule has 0 radical (unpaired) electrons. The Labute approximate surface area is 130 Å². The van der Waals surface area contributed by atoms with Crippen LogP contribution in [-0.4, -0.2) is 7.11 Å². The van der Waals surface area contributed by atoms with Crippen molar-refractivity contribution in [3.05, 3.63) is 62.8 Å². The van der Waals surface area contributed by atoms with E-state index in [1.54, 1.807) is 30.3 Å². The Bertz CT molecular complexity index is 624. The van der Waals surface area contributed by atoms with Crippen LogP contribution in [0, 0.1) is 5.82 Å². The van der Waals surface area contributed by atoms with Crippen molar-refractivity contribution >= 4 is 27.5 Å². The van der Waals surface area contributed by atoms with Gasteiger partial charge in [-0.3, -0.25) is 5.84 Å². The van der Waals surface area contributed by atoms with E-state index in [9.17, 15) is 4.39 Å². The molecule has 6 heteroatoms. The maximum Gasteiger partial charge on any atom is 0.128 e. The van der Waals surface area contributed by atoms with E-state index < -0.39 is 6.04 Å². The lowest BCUT2D eigenvalue weighted by Crippen LogP contribution is -2.30. The van der Waals surface area contributed by atoms with Gasteiger partial charge in [-0.1, -0.05) is 27.5 Å². The smallest absolute Gasteiger partial charge is 0.128 e. The third-order valence-corrected chi connectivity index (χ3v) is 3.67. The van der Waals surface area contributed by atoms with Crippen molar-refractivity contribution in [1.29, 1.82) is 0 Å². The molecule has 0 saturated heterocycles. The topological polar surface area (TPSA) is 47.3 Å². The number of methoxy groups -OCH3 is 1. The van der Waals surface area contributed by atoms with Gasteiger partial charge in [0, 0.05) is 20.6 Å². The van der Waals surface area contributed by atoms with E-state index in [0.29, 0.717) is 21.9 Å². The molecule has 0 saturated carbocycles. The maximum atomic E-state index is 14.0. The van der Waals surface area contributed by atoms with Crippen molar-refractivity contribution in [2.24, 2.45) is 5.84 Å². The minimum absolute atomic E-state index is 0.363. The molecule has 0 aliphatic heterocycles. The minimum atomic E-state index is -0.568. The van der Waals surface area contributed by atoms with E-state index in [-0.39, 0.29) is 5.82 Å². The highest BCUT2D eigenvalue weighted by Gasteiger charge is 2.21. The van der Waals surface area contributed by atoms with Crippen LogP contribution in [-0.2, 0) is 0 Å². The molecule has 3 nitrogen and oxygen atoms in total. The fraction of sp³-hybridized carbons (Fsp3) is 0.143. The van der Waals surface area contributed by atoms with E-state index in [0.717, 1.165) is 4.47 Å². The van der Waals surface area contributed by atoms with Gasteiger partial charge in [0.1, 0.15) is 11.6 Å². The summed E-state index contributed by atoms with van der Waals surface area (Å²) in [5.74, 6) is 5.82. The summed E-state index contributed by atoms with van der Waals surface area (Å²) in [4.78, 5) is 0. The summed E-state index contributed by atoms with van der Waals surface area (Å²) in [5, 5.41) is 0.524. The number of rotatable bonds is 4. The zero-order chi connectivity index (χ0) is 14.7. The van der Waals surface area contributed by atoms with Crippen molar-refractivity contribution in [3.8, 4) is 5.75 Å². The molecular weight excluding hydrogens is 347 g/mol. The van der Waals surface area contributed by atoms with Crippen molar-refractivity contribution in [3.63, 3.8) is 0 Å². The van der Waals surface area contributed by atoms with Crippen LogP contribution in [0.2, 0.25) is 5.02 Å². The van der Waals surface area contributed by atoms with Crippen LogP contribution >= 0.6 is 27.5 Å². The second kappa shape index (κ2) is 6.54. The number of benzene rings is 2. The van der Waals surface area contributed by atoms with Crippen LogP contribution in [0.25, 0.3) is 0 Å². The van der Waals surface area contributed by atoms with Crippen LogP contribution in [0.5, 0.6) is 5.75 Å². The molecule has 0 bridgehead atoms. The van der Waals surface area contributed by atoms with E-state index in [2.05, 4.69) is 21.4 Å². The molecular formula is C14H13BrClFN2O. The summed E-state index contributed by atoms with van der Waals surface area (Å²) < 4.78 is 20.1. The van der Waals surface area contributed by atoms with E-state index >= 15 is 0 Å². The molecule has 1 unspecified atom stereocenters. The van der Waals surface area contributed by atoms with Crippen molar-refractivity contribution in [2.75, 3.05) is 7.11 Å². The largest absolute Gasteiger partial charge is 0.496 e. The molecule has 0 amide bonds. The standard InChI is InChI=1S/C14H13BrClFN2O/c1-20-13-5-3-9(16)7-11(13)14(19-18)10-6-8(15)2-4-12(10)17/h2-7,14,19H,18H2,1H3. The Kier molecular flexibility index (Phi) is 4.99. The highest BCUT2D eigenvalue weighted by atomic mass is 79.9. The van der Waals surface area contributed by atoms with Gasteiger partial charge in [0.2, 0.25) is 0 Å². The normalized spacial score (nSPS) is 12.2. The molecule has 0 aliphatic carbocycles. The molecule has 0 heterocycles. The molecule has 2 rings (SSSR count). The number of ether oxygens (including phenoxy) is 1. The lowest BCUT2D eigenvalue weighted by molar-refractivity contribution is 0.403. The van der Waals surface area contributed by atoms with Gasteiger partial charge in [-0.05, 0) is 36.4 Å². The Morgan fingerprint density at radius 3 is 2.65 bits per heavy atom. The second-order valence-electron chi connectivity index (χ2n) is 4.15. The first-order chi connectivity index (χ1) is 9.56. The average Bonchev–Trinajstić information content (AvgIpc) is 2.44. The number of nitrogens with one attached hydrogen (secondary N) is 1. The lowest BCUT2D eigenvalue weighted by atomic mass is 9.98. The molecule has 0 spiro atoms. The molecule has 0 aromatic heterocycles. The number of halogens is 3. The number of hydrogen-bond donors (Lipinski definition) is 2. The Morgan fingerprint density at radius 2 is 2.00 bits per heavy atom. The van der Waals surface area contributed by atoms with Crippen LogP contribution in [0.4, 0.5) is 4.39 Å². The number of nitrogens with two attached hydrogens (primary N) is 1. The van der Waals surface area contributed by atoms with Gasteiger partial charge in [0.15, 0.2) is 0 Å². The molecule has 0 aliphatic rings. The summed E-state index contributed by atoms with van der Waals surface area (Å²) in [6.45, 7) is 0. The van der Waals surface area contributed by atoms with Gasteiger partial charge in [-0.25, -0.2) is 9.82 Å². The predicted octanol–water partition coefficient (Wildman–Crippen LogP) is 3.80. The first-order valence-electron chi connectivity index (χ1n) is 5.81. The van der Waals surface area contributed by atoms with Crippen LogP contribution in [0.15, 0.2) is 40.9 Å². The summed E-state index contributed by atoms with van der Waals surface area (Å²) in [5.41, 5.74) is 3.68. The van der Waals surface area contributed by atoms with Gasteiger partial charge in [-0.2, -0.15) is 0 Å². The Morgan fingerprint density at radius 1 is 1.25 bits per heavy atom. The zero-order valence-electron chi connectivity index (χ0n) is 10.7. The summed E-state index contributed by atoms with van der Waals surface area (Å²) in [6.07, 6.45) is 0. The first-order valence-corrected chi connectivity index (χ1v) is 6.98. The predicted molar refractivity (Wildman–Crippen MR) is 81.3 cm³/mol. The van der Waals surface area contributed by atoms with Crippen LogP contribution < -0.4 is 16.0 Å². The van der Waals surface area contributed by atoms with Crippen LogP contribution in [0.1, 0.15) is 17.2 Å². The van der Waals surface area contributed by atoms with Crippen LogP contribution in [0.3, 0.4) is 0 Å². The summed E-state index contributed by atoms with van der Waals surface area (Å²) >= 11 is 9.33. The van der Waals surface area contributed by atoms with Gasteiger partial charge in [-0.15, -0.1) is 0 Å². The zero-order valence-corrected chi connectivity index (χ0v) is 13.0. The number of hydrogen-bond acceptors (Lipinski definition) is 3. The molecule has 0 fully saturated rings. The molecule has 3 N–H and O–H groups in total. The second-order valence-corrected chi connectivity index (χ2v) is 5.50. The van der Waals surface area contributed by atoms with Crippen molar-refractivity contribution < 1.29 is 9.13 Å². The lowest BCUT2D eigenvalue weighted by Gasteiger charge is -2.20. The van der Waals surface area contributed by atoms with Gasteiger partial charge >= 0.3 is 0 Å². The average molecular weight is 360 g/mol. The quantitative estimate of drug-likeness (QED) is 0.645. The SMILES string of the molecule is COc1ccc(Cl)cc1C(NN)c1cc(Br)ccc1F. The molecule has 20 heavy (non-hydrogen) atoms. The molecule has 2 aromatic rings. The fourth-order valence-corrected chi connectivity index (χ4v) is 2.57. The number of hydrazine groups is 1. The third-order valence-electron chi connectivity index (χ3n) is 2.94. The molecule has 106 valence electrons. The Balaban J connectivity index is 2.57. The van der Waals surface area contributed by atoms with Crippen molar-refractivity contribution in [2.45, 2.75) is 6.04 Å². The Hall–Kier alpha value is -1.14. The summed E-state index contributed by atoms with van der Waals surface area (Å²) in [7, 11) is 1.54. The molecule has 1 atom stereocenters. The minimum Gasteiger partial charge on any atom is -0.496 e. The highest BCUT2D eigenvalue weighted by Crippen LogP contribution is 2.33. The third kappa shape index (κ3) is 3.12.